The molecular weight excluding hydrogens is 409 g/mol. The predicted octanol–water partition coefficient (Wildman–Crippen LogP) is 3.11. The minimum absolute atomic E-state index is 0.253. The van der Waals surface area contributed by atoms with Crippen molar-refractivity contribution in [2.45, 2.75) is 13.0 Å². The van der Waals surface area contributed by atoms with E-state index in [-0.39, 0.29) is 16.5 Å². The Morgan fingerprint density at radius 3 is 2.61 bits per heavy atom. The van der Waals surface area contributed by atoms with E-state index in [0.29, 0.717) is 21.7 Å². The van der Waals surface area contributed by atoms with Crippen molar-refractivity contribution in [2.75, 3.05) is 11.9 Å². The summed E-state index contributed by atoms with van der Waals surface area (Å²) in [6.45, 7) is 0.976. The van der Waals surface area contributed by atoms with Crippen molar-refractivity contribution in [3.63, 3.8) is 0 Å². The number of H-pyrrole nitrogens is 2. The fourth-order valence-corrected chi connectivity index (χ4v) is 2.82. The number of aromatic amines is 2. The van der Waals surface area contributed by atoms with Gasteiger partial charge in [-0.25, -0.2) is 9.59 Å². The molecule has 0 saturated heterocycles. The first kappa shape index (κ1) is 19.8. The molecule has 0 unspecified atom stereocenters. The van der Waals surface area contributed by atoms with Gasteiger partial charge >= 0.3 is 11.7 Å². The quantitative estimate of drug-likeness (QED) is 0.527. The fourth-order valence-electron chi connectivity index (χ4n) is 2.37. The summed E-state index contributed by atoms with van der Waals surface area (Å²) >= 11 is 11.8. The molecule has 0 saturated carbocycles. The van der Waals surface area contributed by atoms with Crippen LogP contribution in [-0.4, -0.2) is 34.6 Å². The third-order valence-corrected chi connectivity index (χ3v) is 4.21. The molecule has 0 spiro atoms. The van der Waals surface area contributed by atoms with Crippen molar-refractivity contribution >= 4 is 51.8 Å². The predicted molar refractivity (Wildman–Crippen MR) is 105 cm³/mol. The van der Waals surface area contributed by atoms with Crippen molar-refractivity contribution in [3.05, 3.63) is 56.9 Å². The maximum atomic E-state index is 12.0. The number of esters is 1. The molecule has 0 fully saturated rings. The van der Waals surface area contributed by atoms with E-state index < -0.39 is 24.6 Å². The van der Waals surface area contributed by atoms with Crippen LogP contribution in [0.25, 0.3) is 11.0 Å². The van der Waals surface area contributed by atoms with Crippen molar-refractivity contribution in [1.29, 1.82) is 0 Å². The summed E-state index contributed by atoms with van der Waals surface area (Å²) in [7, 11) is 0. The molecule has 3 aromatic rings. The third-order valence-electron chi connectivity index (χ3n) is 3.67. The summed E-state index contributed by atoms with van der Waals surface area (Å²) in [5.41, 5.74) is 1.26. The van der Waals surface area contributed by atoms with Crippen molar-refractivity contribution < 1.29 is 19.1 Å². The molecule has 1 aromatic heterocycles. The Kier molecular flexibility index (Phi) is 5.91. The van der Waals surface area contributed by atoms with Gasteiger partial charge in [-0.1, -0.05) is 23.2 Å². The lowest BCUT2D eigenvalue weighted by atomic mass is 10.3. The number of hydrogen-bond acceptors (Lipinski definition) is 5. The van der Waals surface area contributed by atoms with Gasteiger partial charge in [-0.15, -0.1) is 0 Å². The molecule has 1 amide bonds. The lowest BCUT2D eigenvalue weighted by molar-refractivity contribution is -0.153. The molecule has 2 aromatic carbocycles. The van der Waals surface area contributed by atoms with Crippen LogP contribution < -0.4 is 15.7 Å². The Bertz CT molecular complexity index is 1090. The molecule has 3 N–H and O–H groups in total. The number of halogens is 2. The average Bonchev–Trinajstić information content (AvgIpc) is 3.01. The average molecular weight is 424 g/mol. The molecule has 8 nitrogen and oxygen atoms in total. The second-order valence-electron chi connectivity index (χ2n) is 5.83. The number of fused-ring (bicyclic) bond motifs is 1. The molecule has 1 atom stereocenters. The summed E-state index contributed by atoms with van der Waals surface area (Å²) in [5.74, 6) is -0.998. The van der Waals surface area contributed by atoms with Crippen LogP contribution in [-0.2, 0) is 14.3 Å². The molecule has 0 aliphatic carbocycles. The molecule has 0 radical (unpaired) electrons. The van der Waals surface area contributed by atoms with Gasteiger partial charge in [-0.05, 0) is 43.3 Å². The summed E-state index contributed by atoms with van der Waals surface area (Å²) in [4.78, 5) is 40.4. The monoisotopic (exact) mass is 423 g/mol. The summed E-state index contributed by atoms with van der Waals surface area (Å²) in [6, 6.07) is 9.42. The van der Waals surface area contributed by atoms with Crippen molar-refractivity contribution in [2.24, 2.45) is 0 Å². The van der Waals surface area contributed by atoms with E-state index in [9.17, 15) is 14.4 Å². The highest BCUT2D eigenvalue weighted by Gasteiger charge is 2.19. The first-order chi connectivity index (χ1) is 13.3. The summed E-state index contributed by atoms with van der Waals surface area (Å²) < 4.78 is 10.4. The topological polar surface area (TPSA) is 113 Å². The van der Waals surface area contributed by atoms with Crippen LogP contribution in [0, 0.1) is 0 Å². The number of imidazole rings is 1. The zero-order valence-electron chi connectivity index (χ0n) is 14.5. The number of hydrogen-bond donors (Lipinski definition) is 3. The van der Waals surface area contributed by atoms with Gasteiger partial charge < -0.3 is 24.8 Å². The minimum Gasteiger partial charge on any atom is -0.477 e. The lowest BCUT2D eigenvalue weighted by Crippen LogP contribution is -2.29. The van der Waals surface area contributed by atoms with Crippen LogP contribution in [0.5, 0.6) is 5.75 Å². The highest BCUT2D eigenvalue weighted by atomic mass is 35.5. The number of carbonyl (C=O) groups is 2. The van der Waals surface area contributed by atoms with Gasteiger partial charge in [-0.2, -0.15) is 0 Å². The maximum Gasteiger partial charge on any atom is 0.347 e. The van der Waals surface area contributed by atoms with E-state index in [0.717, 1.165) is 0 Å². The number of benzene rings is 2. The third kappa shape index (κ3) is 4.85. The summed E-state index contributed by atoms with van der Waals surface area (Å²) in [5, 5.41) is 3.26. The SMILES string of the molecule is C[C@H](Oc1ccc(Cl)cc1Cl)C(=O)OCC(=O)Nc1ccc2[nH]c(=O)[nH]c2c1. The molecule has 10 heteroatoms. The van der Waals surface area contributed by atoms with Crippen LogP contribution in [0.3, 0.4) is 0 Å². The van der Waals surface area contributed by atoms with Crippen LogP contribution in [0.4, 0.5) is 5.69 Å². The second-order valence-corrected chi connectivity index (χ2v) is 6.67. The standard InChI is InChI=1S/C18H15Cl2N3O5/c1-9(28-15-5-2-10(19)6-12(15)20)17(25)27-8-16(24)21-11-3-4-13-14(7-11)23-18(26)22-13/h2-7,9H,8H2,1H3,(H,21,24)(H2,22,23,26)/t9-/m0/s1. The number of rotatable bonds is 6. The van der Waals surface area contributed by atoms with Gasteiger partial charge in [0.05, 0.1) is 16.1 Å². The molecule has 3 rings (SSSR count). The molecule has 0 bridgehead atoms. The molecular formula is C18H15Cl2N3O5. The van der Waals surface area contributed by atoms with E-state index in [2.05, 4.69) is 15.3 Å². The van der Waals surface area contributed by atoms with E-state index in [1.54, 1.807) is 24.3 Å². The van der Waals surface area contributed by atoms with Gasteiger partial charge in [0.15, 0.2) is 12.7 Å². The van der Waals surface area contributed by atoms with E-state index in [1.165, 1.54) is 19.1 Å². The zero-order chi connectivity index (χ0) is 20.3. The van der Waals surface area contributed by atoms with Crippen molar-refractivity contribution in [1.82, 2.24) is 9.97 Å². The van der Waals surface area contributed by atoms with Gasteiger partial charge in [0, 0.05) is 10.7 Å². The first-order valence-corrected chi connectivity index (χ1v) is 8.87. The molecule has 1 heterocycles. The Labute approximate surface area is 168 Å². The Morgan fingerprint density at radius 2 is 1.86 bits per heavy atom. The Hall–Kier alpha value is -2.97. The second kappa shape index (κ2) is 8.37. The number of carbonyl (C=O) groups excluding carboxylic acids is 2. The number of ether oxygens (including phenoxy) is 2. The number of amides is 1. The zero-order valence-corrected chi connectivity index (χ0v) is 16.1. The van der Waals surface area contributed by atoms with Crippen molar-refractivity contribution in [3.8, 4) is 5.75 Å². The smallest absolute Gasteiger partial charge is 0.347 e. The van der Waals surface area contributed by atoms with E-state index in [4.69, 9.17) is 32.7 Å². The van der Waals surface area contributed by atoms with Crippen LogP contribution in [0.2, 0.25) is 10.0 Å². The van der Waals surface area contributed by atoms with Gasteiger partial charge in [0.1, 0.15) is 5.75 Å². The summed E-state index contributed by atoms with van der Waals surface area (Å²) in [6.07, 6.45) is -0.979. The van der Waals surface area contributed by atoms with Gasteiger partial charge in [-0.3, -0.25) is 4.79 Å². The normalized spacial score (nSPS) is 11.8. The lowest BCUT2D eigenvalue weighted by Gasteiger charge is -2.15. The first-order valence-electron chi connectivity index (χ1n) is 8.12. The highest BCUT2D eigenvalue weighted by molar-refractivity contribution is 6.35. The molecule has 28 heavy (non-hydrogen) atoms. The maximum absolute atomic E-state index is 12.0. The van der Waals surface area contributed by atoms with Gasteiger partial charge in [0.25, 0.3) is 5.91 Å². The van der Waals surface area contributed by atoms with Crippen LogP contribution in [0.15, 0.2) is 41.2 Å². The number of nitrogens with one attached hydrogen (secondary N) is 3. The Morgan fingerprint density at radius 1 is 1.11 bits per heavy atom. The van der Waals surface area contributed by atoms with E-state index >= 15 is 0 Å². The molecule has 0 aliphatic heterocycles. The fraction of sp³-hybridized carbons (Fsp3) is 0.167. The number of anilines is 1. The highest BCUT2D eigenvalue weighted by Crippen LogP contribution is 2.28. The van der Waals surface area contributed by atoms with Gasteiger partial charge in [0.2, 0.25) is 0 Å². The largest absolute Gasteiger partial charge is 0.477 e. The molecule has 146 valence electrons. The Balaban J connectivity index is 1.52. The molecule has 0 aliphatic rings. The van der Waals surface area contributed by atoms with Crippen LogP contribution in [0.1, 0.15) is 6.92 Å². The van der Waals surface area contributed by atoms with E-state index in [1.807, 2.05) is 0 Å². The number of aromatic nitrogens is 2. The minimum atomic E-state index is -0.979. The van der Waals surface area contributed by atoms with Crippen LogP contribution >= 0.6 is 23.2 Å².